The predicted molar refractivity (Wildman–Crippen MR) is 106 cm³/mol. The van der Waals surface area contributed by atoms with Crippen molar-refractivity contribution in [2.45, 2.75) is 24.5 Å². The van der Waals surface area contributed by atoms with Gasteiger partial charge >= 0.3 is 6.03 Å². The summed E-state index contributed by atoms with van der Waals surface area (Å²) in [7, 11) is -0.806. The number of urea groups is 1. The van der Waals surface area contributed by atoms with E-state index in [1.54, 1.807) is 24.4 Å². The Morgan fingerprint density at radius 1 is 1.23 bits per heavy atom. The molecule has 0 saturated carbocycles. The van der Waals surface area contributed by atoms with E-state index in [1.165, 1.54) is 29.4 Å². The zero-order chi connectivity index (χ0) is 21.4. The Labute approximate surface area is 173 Å². The van der Waals surface area contributed by atoms with Gasteiger partial charge in [0.2, 0.25) is 0 Å². The highest BCUT2D eigenvalue weighted by atomic mass is 32.2. The molecular weight excluding hydrogens is 408 g/mol. The molecule has 11 heteroatoms. The van der Waals surface area contributed by atoms with Gasteiger partial charge in [0.1, 0.15) is 12.1 Å². The fraction of sp³-hybridized carbons (Fsp3) is 0.368. The minimum atomic E-state index is -3.70. The molecular formula is C19H18N6O4S. The Morgan fingerprint density at radius 2 is 2.00 bits per heavy atom. The molecule has 2 aromatic rings. The SMILES string of the molecule is CN(C)S(=O)(=O)N1C[C@H]2CC1C1C(=O)N(c3ccc(C#N)c4ncccc34)C(=O)N12. The first kappa shape index (κ1) is 18.9. The number of hydrogen-bond donors (Lipinski definition) is 0. The summed E-state index contributed by atoms with van der Waals surface area (Å²) >= 11 is 0. The summed E-state index contributed by atoms with van der Waals surface area (Å²) < 4.78 is 27.8. The number of rotatable bonds is 3. The molecule has 2 bridgehead atoms. The van der Waals surface area contributed by atoms with Crippen molar-refractivity contribution in [3.05, 3.63) is 36.0 Å². The molecule has 30 heavy (non-hydrogen) atoms. The second kappa shape index (κ2) is 6.21. The van der Waals surface area contributed by atoms with E-state index in [1.807, 2.05) is 0 Å². The number of carbonyl (C=O) groups is 2. The Morgan fingerprint density at radius 3 is 2.70 bits per heavy atom. The van der Waals surface area contributed by atoms with Crippen LogP contribution in [0.1, 0.15) is 12.0 Å². The molecule has 10 nitrogen and oxygen atoms in total. The van der Waals surface area contributed by atoms with E-state index in [0.717, 1.165) is 9.21 Å². The second-order valence-electron chi connectivity index (χ2n) is 7.77. The first-order valence-electron chi connectivity index (χ1n) is 9.40. The highest BCUT2D eigenvalue weighted by molar-refractivity contribution is 7.86. The monoisotopic (exact) mass is 426 g/mol. The van der Waals surface area contributed by atoms with Crippen LogP contribution in [-0.4, -0.2) is 77.6 Å². The fourth-order valence-corrected chi connectivity index (χ4v) is 6.08. The summed E-state index contributed by atoms with van der Waals surface area (Å²) in [6, 6.07) is 6.29. The van der Waals surface area contributed by atoms with Gasteiger partial charge in [-0.25, -0.2) is 9.69 Å². The summed E-state index contributed by atoms with van der Waals surface area (Å²) in [6.45, 7) is 0.171. The van der Waals surface area contributed by atoms with Gasteiger partial charge in [-0.3, -0.25) is 9.78 Å². The molecule has 3 atom stereocenters. The van der Waals surface area contributed by atoms with Crippen molar-refractivity contribution in [3.63, 3.8) is 0 Å². The molecule has 2 unspecified atom stereocenters. The molecule has 3 saturated heterocycles. The third kappa shape index (κ3) is 2.29. The normalized spacial score (nSPS) is 26.1. The largest absolute Gasteiger partial charge is 0.332 e. The van der Waals surface area contributed by atoms with Gasteiger partial charge in [-0.2, -0.15) is 22.3 Å². The van der Waals surface area contributed by atoms with Crippen LogP contribution in [0.4, 0.5) is 10.5 Å². The number of nitrogens with zero attached hydrogens (tertiary/aromatic N) is 6. The molecule has 4 heterocycles. The molecule has 0 aliphatic carbocycles. The van der Waals surface area contributed by atoms with Crippen LogP contribution >= 0.6 is 0 Å². The smallest absolute Gasteiger partial charge is 0.306 e. The maximum absolute atomic E-state index is 13.4. The number of amides is 3. The van der Waals surface area contributed by atoms with E-state index in [2.05, 4.69) is 11.1 Å². The summed E-state index contributed by atoms with van der Waals surface area (Å²) in [5, 5.41) is 9.86. The summed E-state index contributed by atoms with van der Waals surface area (Å²) in [5.74, 6) is -0.457. The van der Waals surface area contributed by atoms with Crippen molar-refractivity contribution >= 4 is 38.7 Å². The lowest BCUT2D eigenvalue weighted by Crippen LogP contribution is -2.56. The minimum absolute atomic E-state index is 0.171. The van der Waals surface area contributed by atoms with Crippen LogP contribution in [0.25, 0.3) is 10.9 Å². The number of aromatic nitrogens is 1. The number of carbonyl (C=O) groups excluding carboxylic acids is 2. The highest BCUT2D eigenvalue weighted by Gasteiger charge is 2.64. The van der Waals surface area contributed by atoms with Gasteiger partial charge in [-0.15, -0.1) is 0 Å². The van der Waals surface area contributed by atoms with Crippen LogP contribution in [0.2, 0.25) is 0 Å². The van der Waals surface area contributed by atoms with E-state index in [4.69, 9.17) is 0 Å². The second-order valence-corrected chi connectivity index (χ2v) is 9.86. The van der Waals surface area contributed by atoms with Crippen LogP contribution < -0.4 is 4.90 Å². The van der Waals surface area contributed by atoms with Crippen LogP contribution in [0, 0.1) is 11.3 Å². The Kier molecular flexibility index (Phi) is 3.92. The first-order valence-corrected chi connectivity index (χ1v) is 10.8. The lowest BCUT2D eigenvalue weighted by atomic mass is 10.1. The zero-order valence-corrected chi connectivity index (χ0v) is 17.1. The molecule has 0 spiro atoms. The Balaban J connectivity index is 1.58. The van der Waals surface area contributed by atoms with Gasteiger partial charge in [0.05, 0.1) is 22.8 Å². The summed E-state index contributed by atoms with van der Waals surface area (Å²) in [5.41, 5.74) is 1.10. The van der Waals surface area contributed by atoms with Crippen molar-refractivity contribution in [2.24, 2.45) is 0 Å². The number of benzene rings is 1. The van der Waals surface area contributed by atoms with Gasteiger partial charge in [0, 0.05) is 38.3 Å². The van der Waals surface area contributed by atoms with Gasteiger partial charge in [0.15, 0.2) is 0 Å². The van der Waals surface area contributed by atoms with E-state index in [-0.39, 0.29) is 12.6 Å². The van der Waals surface area contributed by atoms with E-state index in [0.29, 0.717) is 28.6 Å². The lowest BCUT2D eigenvalue weighted by Gasteiger charge is -2.35. The van der Waals surface area contributed by atoms with Crippen molar-refractivity contribution in [1.29, 1.82) is 5.26 Å². The average molecular weight is 426 g/mol. The van der Waals surface area contributed by atoms with Crippen molar-refractivity contribution in [1.82, 2.24) is 18.5 Å². The highest BCUT2D eigenvalue weighted by Crippen LogP contribution is 2.44. The molecule has 3 fully saturated rings. The first-order chi connectivity index (χ1) is 14.3. The number of nitriles is 1. The number of fused-ring (bicyclic) bond motifs is 6. The molecule has 3 aliphatic heterocycles. The van der Waals surface area contributed by atoms with Crippen LogP contribution in [0.5, 0.6) is 0 Å². The molecule has 3 aliphatic rings. The average Bonchev–Trinajstić information content (AvgIpc) is 3.39. The third-order valence-electron chi connectivity index (χ3n) is 6.08. The van der Waals surface area contributed by atoms with E-state index in [9.17, 15) is 23.3 Å². The lowest BCUT2D eigenvalue weighted by molar-refractivity contribution is -0.120. The maximum atomic E-state index is 13.4. The number of pyridine rings is 1. The van der Waals surface area contributed by atoms with Crippen LogP contribution in [0.3, 0.4) is 0 Å². The fourth-order valence-electron chi connectivity index (χ4n) is 4.75. The predicted octanol–water partition coefficient (Wildman–Crippen LogP) is 0.507. The Bertz CT molecular complexity index is 1250. The van der Waals surface area contributed by atoms with E-state index < -0.39 is 34.2 Å². The quantitative estimate of drug-likeness (QED) is 0.660. The number of imide groups is 1. The van der Waals surface area contributed by atoms with Gasteiger partial charge in [-0.05, 0) is 30.7 Å². The topological polar surface area (TPSA) is 118 Å². The third-order valence-corrected chi connectivity index (χ3v) is 8.02. The summed E-state index contributed by atoms with van der Waals surface area (Å²) in [6.07, 6.45) is 1.99. The number of piperazine rings is 1. The minimum Gasteiger partial charge on any atom is -0.306 e. The number of anilines is 1. The van der Waals surface area contributed by atoms with Gasteiger partial charge in [-0.1, -0.05) is 0 Å². The maximum Gasteiger partial charge on any atom is 0.332 e. The molecule has 1 aromatic heterocycles. The zero-order valence-electron chi connectivity index (χ0n) is 16.3. The van der Waals surface area contributed by atoms with Crippen molar-refractivity contribution in [3.8, 4) is 6.07 Å². The van der Waals surface area contributed by atoms with Crippen LogP contribution in [0.15, 0.2) is 30.5 Å². The molecule has 5 rings (SSSR count). The van der Waals surface area contributed by atoms with Crippen molar-refractivity contribution in [2.75, 3.05) is 25.5 Å². The van der Waals surface area contributed by atoms with Gasteiger partial charge in [0.25, 0.3) is 16.1 Å². The molecule has 0 radical (unpaired) electrons. The molecule has 0 N–H and O–H groups in total. The summed E-state index contributed by atoms with van der Waals surface area (Å²) in [4.78, 5) is 33.5. The van der Waals surface area contributed by atoms with Crippen molar-refractivity contribution < 1.29 is 18.0 Å². The van der Waals surface area contributed by atoms with E-state index >= 15 is 0 Å². The van der Waals surface area contributed by atoms with Gasteiger partial charge < -0.3 is 4.90 Å². The van der Waals surface area contributed by atoms with Crippen LogP contribution in [-0.2, 0) is 15.0 Å². The Hall–Kier alpha value is -3.07. The standard InChI is InChI=1S/C19H18N6O4S/c1-22(2)30(28,29)23-10-12-8-15(23)17-18(26)25(19(27)24(12)17)14-6-5-11(9-20)16-13(14)4-3-7-21-16/h3-7,12,15,17H,8,10H2,1-2H3/t12-,15?,17?/m1/s1. The molecule has 1 aromatic carbocycles. The number of hydrogen-bond acceptors (Lipinski definition) is 6. The molecule has 154 valence electrons. The molecule has 3 amide bonds.